The first-order valence-electron chi connectivity index (χ1n) is 4.30. The van der Waals surface area contributed by atoms with E-state index in [0.29, 0.717) is 5.69 Å². The summed E-state index contributed by atoms with van der Waals surface area (Å²) in [6.07, 6.45) is 1.30. The van der Waals surface area contributed by atoms with Gasteiger partial charge in [-0.1, -0.05) is 30.3 Å². The standard InChI is InChI=1S/C10H9NO3S/c12-15(13,14)11-8-4-7-10(11)9-5-2-1-3-6-9/h1-8H,(H,12,13,14). The van der Waals surface area contributed by atoms with E-state index < -0.39 is 10.3 Å². The molecule has 2 aromatic rings. The molecule has 0 saturated carbocycles. The van der Waals surface area contributed by atoms with Crippen LogP contribution >= 0.6 is 0 Å². The van der Waals surface area contributed by atoms with Crippen molar-refractivity contribution in [1.29, 1.82) is 0 Å². The Morgan fingerprint density at radius 2 is 1.67 bits per heavy atom. The Morgan fingerprint density at radius 1 is 1.00 bits per heavy atom. The van der Waals surface area contributed by atoms with Crippen molar-refractivity contribution < 1.29 is 13.0 Å². The van der Waals surface area contributed by atoms with Crippen molar-refractivity contribution in [2.45, 2.75) is 0 Å². The van der Waals surface area contributed by atoms with Crippen molar-refractivity contribution in [2.24, 2.45) is 0 Å². The lowest BCUT2D eigenvalue weighted by Gasteiger charge is -2.04. The summed E-state index contributed by atoms with van der Waals surface area (Å²) < 4.78 is 31.8. The molecule has 0 aliphatic rings. The van der Waals surface area contributed by atoms with Crippen LogP contribution in [0.5, 0.6) is 0 Å². The summed E-state index contributed by atoms with van der Waals surface area (Å²) in [5, 5.41) is 0. The van der Waals surface area contributed by atoms with Crippen LogP contribution in [0.15, 0.2) is 48.7 Å². The summed E-state index contributed by atoms with van der Waals surface area (Å²) in [5.74, 6) is 0. The number of hydrogen-bond acceptors (Lipinski definition) is 2. The normalized spacial score (nSPS) is 11.5. The largest absolute Gasteiger partial charge is 0.363 e. The highest BCUT2D eigenvalue weighted by Crippen LogP contribution is 2.20. The van der Waals surface area contributed by atoms with Gasteiger partial charge in [0.05, 0.1) is 5.69 Å². The zero-order chi connectivity index (χ0) is 10.9. The van der Waals surface area contributed by atoms with E-state index in [-0.39, 0.29) is 0 Å². The monoisotopic (exact) mass is 223 g/mol. The van der Waals surface area contributed by atoms with Crippen LogP contribution in [0.4, 0.5) is 0 Å². The van der Waals surface area contributed by atoms with E-state index in [1.54, 1.807) is 36.4 Å². The summed E-state index contributed by atoms with van der Waals surface area (Å²) in [4.78, 5) is 0. The van der Waals surface area contributed by atoms with Crippen LogP contribution in [-0.4, -0.2) is 16.9 Å². The van der Waals surface area contributed by atoms with Crippen LogP contribution in [0.1, 0.15) is 0 Å². The lowest BCUT2D eigenvalue weighted by atomic mass is 10.2. The van der Waals surface area contributed by atoms with Crippen molar-refractivity contribution in [1.82, 2.24) is 3.97 Å². The zero-order valence-electron chi connectivity index (χ0n) is 7.74. The summed E-state index contributed by atoms with van der Waals surface area (Å²) in [7, 11) is -4.22. The van der Waals surface area contributed by atoms with Crippen LogP contribution in [0.25, 0.3) is 11.3 Å². The second-order valence-corrected chi connectivity index (χ2v) is 4.32. The van der Waals surface area contributed by atoms with Gasteiger partial charge in [-0.3, -0.25) is 4.55 Å². The molecule has 1 aromatic carbocycles. The quantitative estimate of drug-likeness (QED) is 0.790. The Labute approximate surface area is 87.7 Å². The Balaban J connectivity index is 2.61. The van der Waals surface area contributed by atoms with Gasteiger partial charge in [-0.25, -0.2) is 3.97 Å². The Bertz CT molecular complexity index is 557. The van der Waals surface area contributed by atoms with Gasteiger partial charge < -0.3 is 0 Å². The molecule has 0 spiro atoms. The topological polar surface area (TPSA) is 59.3 Å². The van der Waals surface area contributed by atoms with Crippen LogP contribution in [0.3, 0.4) is 0 Å². The van der Waals surface area contributed by atoms with Crippen LogP contribution in [0, 0.1) is 0 Å². The predicted octanol–water partition coefficient (Wildman–Crippen LogP) is 1.81. The molecule has 0 aliphatic carbocycles. The Morgan fingerprint density at radius 3 is 2.27 bits per heavy atom. The SMILES string of the molecule is O=S(=O)(O)n1cccc1-c1ccccc1. The van der Waals surface area contributed by atoms with Gasteiger partial charge in [0.25, 0.3) is 0 Å². The Hall–Kier alpha value is -1.59. The van der Waals surface area contributed by atoms with Gasteiger partial charge in [0.1, 0.15) is 0 Å². The summed E-state index contributed by atoms with van der Waals surface area (Å²) in [6, 6.07) is 12.2. The molecule has 0 bridgehead atoms. The number of rotatable bonds is 2. The molecule has 5 heteroatoms. The molecular weight excluding hydrogens is 214 g/mol. The molecule has 2 rings (SSSR count). The lowest BCUT2D eigenvalue weighted by Crippen LogP contribution is -2.10. The van der Waals surface area contributed by atoms with Gasteiger partial charge in [-0.15, -0.1) is 0 Å². The summed E-state index contributed by atoms with van der Waals surface area (Å²) >= 11 is 0. The minimum atomic E-state index is -4.22. The van der Waals surface area contributed by atoms with Gasteiger partial charge in [0.2, 0.25) is 0 Å². The number of nitrogens with zero attached hydrogens (tertiary/aromatic N) is 1. The van der Waals surface area contributed by atoms with Crippen molar-refractivity contribution in [3.8, 4) is 11.3 Å². The highest BCUT2D eigenvalue weighted by molar-refractivity contribution is 7.84. The summed E-state index contributed by atoms with van der Waals surface area (Å²) in [6.45, 7) is 0. The minimum Gasteiger partial charge on any atom is -0.269 e. The molecular formula is C10H9NO3S. The van der Waals surface area contributed by atoms with Crippen LogP contribution in [0.2, 0.25) is 0 Å². The molecule has 0 aliphatic heterocycles. The van der Waals surface area contributed by atoms with E-state index in [2.05, 4.69) is 0 Å². The van der Waals surface area contributed by atoms with E-state index in [1.807, 2.05) is 6.07 Å². The minimum absolute atomic E-state index is 0.443. The fourth-order valence-corrected chi connectivity index (χ4v) is 2.04. The zero-order valence-corrected chi connectivity index (χ0v) is 8.55. The first-order chi connectivity index (χ1) is 7.09. The summed E-state index contributed by atoms with van der Waals surface area (Å²) in [5.41, 5.74) is 1.18. The van der Waals surface area contributed by atoms with Crippen molar-refractivity contribution in [3.05, 3.63) is 48.7 Å². The van der Waals surface area contributed by atoms with Gasteiger partial charge in [-0.05, 0) is 17.7 Å². The molecule has 1 N–H and O–H groups in total. The third-order valence-electron chi connectivity index (χ3n) is 2.03. The van der Waals surface area contributed by atoms with E-state index in [0.717, 1.165) is 9.54 Å². The highest BCUT2D eigenvalue weighted by Gasteiger charge is 2.12. The molecule has 0 unspecified atom stereocenters. The maximum Gasteiger partial charge on any atom is 0.363 e. The number of benzene rings is 1. The fraction of sp³-hybridized carbons (Fsp3) is 0. The second-order valence-electron chi connectivity index (χ2n) is 3.03. The molecule has 0 radical (unpaired) electrons. The average Bonchev–Trinajstić information content (AvgIpc) is 2.67. The van der Waals surface area contributed by atoms with Crippen molar-refractivity contribution in [3.63, 3.8) is 0 Å². The molecule has 1 heterocycles. The van der Waals surface area contributed by atoms with E-state index in [1.165, 1.54) is 6.20 Å². The highest BCUT2D eigenvalue weighted by atomic mass is 32.2. The lowest BCUT2D eigenvalue weighted by molar-refractivity contribution is 0.473. The second kappa shape index (κ2) is 3.52. The van der Waals surface area contributed by atoms with Gasteiger partial charge in [0, 0.05) is 6.20 Å². The molecule has 15 heavy (non-hydrogen) atoms. The molecule has 1 aromatic heterocycles. The predicted molar refractivity (Wildman–Crippen MR) is 56.8 cm³/mol. The third kappa shape index (κ3) is 1.93. The van der Waals surface area contributed by atoms with Crippen molar-refractivity contribution >= 4 is 10.3 Å². The molecule has 0 fully saturated rings. The van der Waals surface area contributed by atoms with E-state index >= 15 is 0 Å². The number of aromatic nitrogens is 1. The average molecular weight is 223 g/mol. The van der Waals surface area contributed by atoms with Gasteiger partial charge in [0.15, 0.2) is 0 Å². The van der Waals surface area contributed by atoms with E-state index in [4.69, 9.17) is 4.55 Å². The maximum absolute atomic E-state index is 11.0. The third-order valence-corrected chi connectivity index (χ3v) is 2.85. The molecule has 4 nitrogen and oxygen atoms in total. The number of hydrogen-bond donors (Lipinski definition) is 1. The van der Waals surface area contributed by atoms with Crippen molar-refractivity contribution in [2.75, 3.05) is 0 Å². The first-order valence-corrected chi connectivity index (χ1v) is 5.69. The maximum atomic E-state index is 11.0. The molecule has 0 saturated heterocycles. The van der Waals surface area contributed by atoms with Gasteiger partial charge >= 0.3 is 10.3 Å². The van der Waals surface area contributed by atoms with Crippen LogP contribution < -0.4 is 0 Å². The first kappa shape index (κ1) is 9.95. The molecule has 0 amide bonds. The smallest absolute Gasteiger partial charge is 0.269 e. The Kier molecular flexibility index (Phi) is 2.34. The van der Waals surface area contributed by atoms with E-state index in [9.17, 15) is 8.42 Å². The van der Waals surface area contributed by atoms with Crippen LogP contribution in [-0.2, 0) is 10.3 Å². The molecule has 78 valence electrons. The fourth-order valence-electron chi connectivity index (χ4n) is 1.40. The molecule has 0 atom stereocenters. The van der Waals surface area contributed by atoms with Gasteiger partial charge in [-0.2, -0.15) is 8.42 Å².